The smallest absolute Gasteiger partial charge is 0.0294 e. The highest BCUT2D eigenvalue weighted by molar-refractivity contribution is 5.18. The van der Waals surface area contributed by atoms with Crippen molar-refractivity contribution in [2.24, 2.45) is 11.3 Å². The molecule has 0 spiro atoms. The molecular weight excluding hydrogens is 230 g/mol. The molecule has 0 aromatic heterocycles. The minimum absolute atomic E-state index is 0.411. The summed E-state index contributed by atoms with van der Waals surface area (Å²) in [6, 6.07) is 11.9. The van der Waals surface area contributed by atoms with Crippen LogP contribution in [-0.2, 0) is 0 Å². The summed E-state index contributed by atoms with van der Waals surface area (Å²) in [7, 11) is 0. The van der Waals surface area contributed by atoms with E-state index in [1.807, 2.05) is 0 Å². The predicted molar refractivity (Wildman–Crippen MR) is 83.2 cm³/mol. The molecule has 1 fully saturated rings. The molecule has 1 aromatic rings. The molecule has 0 bridgehead atoms. The summed E-state index contributed by atoms with van der Waals surface area (Å²) in [4.78, 5) is 0. The standard InChI is InChI=1S/C18H29N/c1-14(15-10-6-5-7-11-15)19-17-13-9-8-12-16(17)18(2,3)4/h5-7,10-11,14,16-17,19H,8-9,12-13H2,1-4H3/t14-,16?,17?/m1/s1. The Morgan fingerprint density at radius 1 is 1.05 bits per heavy atom. The molecule has 1 aromatic carbocycles. The van der Waals surface area contributed by atoms with Crippen LogP contribution in [0.2, 0.25) is 0 Å². The van der Waals surface area contributed by atoms with Crippen molar-refractivity contribution in [1.82, 2.24) is 5.32 Å². The molecule has 1 heteroatoms. The van der Waals surface area contributed by atoms with Crippen molar-refractivity contribution in [2.75, 3.05) is 0 Å². The van der Waals surface area contributed by atoms with E-state index < -0.39 is 0 Å². The highest BCUT2D eigenvalue weighted by Gasteiger charge is 2.34. The summed E-state index contributed by atoms with van der Waals surface area (Å²) in [6.45, 7) is 9.48. The molecule has 0 radical (unpaired) electrons. The lowest BCUT2D eigenvalue weighted by molar-refractivity contribution is 0.124. The van der Waals surface area contributed by atoms with Crippen molar-refractivity contribution >= 4 is 0 Å². The topological polar surface area (TPSA) is 12.0 Å². The highest BCUT2D eigenvalue weighted by Crippen LogP contribution is 2.38. The van der Waals surface area contributed by atoms with Crippen LogP contribution < -0.4 is 5.32 Å². The minimum Gasteiger partial charge on any atom is -0.307 e. The normalized spacial score (nSPS) is 26.1. The van der Waals surface area contributed by atoms with Gasteiger partial charge in [-0.25, -0.2) is 0 Å². The Labute approximate surface area is 118 Å². The molecular formula is C18H29N. The van der Waals surface area contributed by atoms with Crippen LogP contribution >= 0.6 is 0 Å². The number of hydrogen-bond acceptors (Lipinski definition) is 1. The molecule has 106 valence electrons. The molecule has 0 amide bonds. The minimum atomic E-state index is 0.411. The highest BCUT2D eigenvalue weighted by atomic mass is 15.0. The Kier molecular flexibility index (Phi) is 4.67. The summed E-state index contributed by atoms with van der Waals surface area (Å²) in [5.41, 5.74) is 1.81. The van der Waals surface area contributed by atoms with Crippen LogP contribution in [0.15, 0.2) is 30.3 Å². The van der Waals surface area contributed by atoms with Gasteiger partial charge in [0.25, 0.3) is 0 Å². The largest absolute Gasteiger partial charge is 0.307 e. The second-order valence-corrected chi connectivity index (χ2v) is 7.16. The van der Waals surface area contributed by atoms with Crippen LogP contribution in [0.3, 0.4) is 0 Å². The van der Waals surface area contributed by atoms with Gasteiger partial charge < -0.3 is 5.32 Å². The molecule has 0 heterocycles. The van der Waals surface area contributed by atoms with Crippen LogP contribution in [0.5, 0.6) is 0 Å². The number of rotatable bonds is 3. The van der Waals surface area contributed by atoms with Gasteiger partial charge in [-0.1, -0.05) is 63.9 Å². The fourth-order valence-corrected chi connectivity index (χ4v) is 3.53. The van der Waals surface area contributed by atoms with E-state index in [1.165, 1.54) is 31.2 Å². The second kappa shape index (κ2) is 6.09. The molecule has 1 nitrogen and oxygen atoms in total. The molecule has 0 aliphatic heterocycles. The van der Waals surface area contributed by atoms with Gasteiger partial charge in [-0.3, -0.25) is 0 Å². The maximum Gasteiger partial charge on any atom is 0.0294 e. The van der Waals surface area contributed by atoms with Crippen molar-refractivity contribution in [2.45, 2.75) is 65.5 Å². The van der Waals surface area contributed by atoms with Gasteiger partial charge in [-0.2, -0.15) is 0 Å². The zero-order valence-electron chi connectivity index (χ0n) is 12.9. The van der Waals surface area contributed by atoms with E-state index in [4.69, 9.17) is 0 Å². The average molecular weight is 259 g/mol. The first-order valence-electron chi connectivity index (χ1n) is 7.79. The Morgan fingerprint density at radius 3 is 2.32 bits per heavy atom. The maximum absolute atomic E-state index is 3.89. The van der Waals surface area contributed by atoms with Gasteiger partial charge in [0.05, 0.1) is 0 Å². The van der Waals surface area contributed by atoms with Crippen LogP contribution in [-0.4, -0.2) is 6.04 Å². The van der Waals surface area contributed by atoms with Crippen molar-refractivity contribution < 1.29 is 0 Å². The first kappa shape index (κ1) is 14.6. The molecule has 19 heavy (non-hydrogen) atoms. The van der Waals surface area contributed by atoms with Crippen molar-refractivity contribution in [3.8, 4) is 0 Å². The van der Waals surface area contributed by atoms with E-state index in [-0.39, 0.29) is 0 Å². The summed E-state index contributed by atoms with van der Waals surface area (Å²) >= 11 is 0. The molecule has 0 saturated heterocycles. The third-order valence-corrected chi connectivity index (χ3v) is 4.64. The summed E-state index contributed by atoms with van der Waals surface area (Å²) in [5.74, 6) is 0.799. The number of hydrogen-bond donors (Lipinski definition) is 1. The van der Waals surface area contributed by atoms with Crippen LogP contribution in [0.25, 0.3) is 0 Å². The first-order valence-corrected chi connectivity index (χ1v) is 7.79. The van der Waals surface area contributed by atoms with E-state index in [1.54, 1.807) is 0 Å². The zero-order chi connectivity index (χ0) is 13.9. The maximum atomic E-state index is 3.89. The van der Waals surface area contributed by atoms with Crippen molar-refractivity contribution in [1.29, 1.82) is 0 Å². The van der Waals surface area contributed by atoms with E-state index in [2.05, 4.69) is 63.3 Å². The van der Waals surface area contributed by atoms with Crippen LogP contribution in [0, 0.1) is 11.3 Å². The lowest BCUT2D eigenvalue weighted by Gasteiger charge is -2.42. The van der Waals surface area contributed by atoms with Gasteiger partial charge in [0.15, 0.2) is 0 Å². The zero-order valence-corrected chi connectivity index (χ0v) is 12.9. The van der Waals surface area contributed by atoms with E-state index in [0.29, 0.717) is 17.5 Å². The molecule has 1 aliphatic rings. The van der Waals surface area contributed by atoms with Gasteiger partial charge >= 0.3 is 0 Å². The molecule has 3 atom stereocenters. The molecule has 2 unspecified atom stereocenters. The third kappa shape index (κ3) is 3.82. The van der Waals surface area contributed by atoms with Gasteiger partial charge in [0, 0.05) is 12.1 Å². The predicted octanol–water partition coefficient (Wildman–Crippen LogP) is 4.94. The SMILES string of the molecule is C[C@@H](NC1CCCCC1C(C)(C)C)c1ccccc1. The van der Waals surface area contributed by atoms with E-state index >= 15 is 0 Å². The fraction of sp³-hybridized carbons (Fsp3) is 0.667. The Balaban J connectivity index is 2.04. The van der Waals surface area contributed by atoms with Crippen molar-refractivity contribution in [3.05, 3.63) is 35.9 Å². The third-order valence-electron chi connectivity index (χ3n) is 4.64. The molecule has 2 rings (SSSR count). The molecule has 1 saturated carbocycles. The quantitative estimate of drug-likeness (QED) is 0.810. The van der Waals surface area contributed by atoms with Gasteiger partial charge in [-0.15, -0.1) is 0 Å². The Morgan fingerprint density at radius 2 is 1.68 bits per heavy atom. The fourth-order valence-electron chi connectivity index (χ4n) is 3.53. The second-order valence-electron chi connectivity index (χ2n) is 7.16. The summed E-state index contributed by atoms with van der Waals surface area (Å²) < 4.78 is 0. The van der Waals surface area contributed by atoms with Gasteiger partial charge in [0.1, 0.15) is 0 Å². The lowest BCUT2D eigenvalue weighted by atomic mass is 9.69. The van der Waals surface area contributed by atoms with Crippen LogP contribution in [0.4, 0.5) is 0 Å². The Bertz CT molecular complexity index is 376. The Hall–Kier alpha value is -0.820. The average Bonchev–Trinajstić information content (AvgIpc) is 2.39. The van der Waals surface area contributed by atoms with E-state index in [0.717, 1.165) is 5.92 Å². The molecule has 1 N–H and O–H groups in total. The monoisotopic (exact) mass is 259 g/mol. The first-order chi connectivity index (χ1) is 8.98. The van der Waals surface area contributed by atoms with Crippen LogP contribution in [0.1, 0.15) is 65.0 Å². The van der Waals surface area contributed by atoms with Crippen molar-refractivity contribution in [3.63, 3.8) is 0 Å². The number of nitrogens with one attached hydrogen (secondary N) is 1. The summed E-state index contributed by atoms with van der Waals surface area (Å²) in [5, 5.41) is 3.89. The number of benzene rings is 1. The lowest BCUT2D eigenvalue weighted by Crippen LogP contribution is -2.45. The van der Waals surface area contributed by atoms with E-state index in [9.17, 15) is 0 Å². The molecule has 1 aliphatic carbocycles. The van der Waals surface area contributed by atoms with Gasteiger partial charge in [-0.05, 0) is 36.7 Å². The summed E-state index contributed by atoms with van der Waals surface area (Å²) in [6.07, 6.45) is 5.49. The van der Waals surface area contributed by atoms with Gasteiger partial charge in [0.2, 0.25) is 0 Å².